The number of Topliss-reactive ketones (excluding diaryl/α,β-unsaturated/α-hetero) is 1. The van der Waals surface area contributed by atoms with Crippen LogP contribution in [0.1, 0.15) is 49.9 Å². The molecule has 35 heavy (non-hydrogen) atoms. The molecule has 2 aromatic rings. The number of hydrogen-bond acceptors (Lipinski definition) is 6. The Hall–Kier alpha value is -3.32. The van der Waals surface area contributed by atoms with E-state index < -0.39 is 17.7 Å². The number of aliphatic hydroxyl groups is 1. The number of nitrogens with zero attached hydrogens (tertiary/aromatic N) is 2. The van der Waals surface area contributed by atoms with Gasteiger partial charge < -0.3 is 24.4 Å². The number of carbonyl (C=O) groups is 2. The molecule has 1 fully saturated rings. The van der Waals surface area contributed by atoms with Gasteiger partial charge in [0.05, 0.1) is 18.7 Å². The zero-order valence-electron chi connectivity index (χ0n) is 20.9. The van der Waals surface area contributed by atoms with Crippen LogP contribution in [0, 0.1) is 0 Å². The molecular weight excluding hydrogens is 444 g/mol. The summed E-state index contributed by atoms with van der Waals surface area (Å²) in [6, 6.07) is 12.0. The molecule has 0 radical (unpaired) electrons. The normalized spacial score (nSPS) is 20.9. The molecule has 7 nitrogen and oxygen atoms in total. The number of fused-ring (bicyclic) bond motifs is 1. The highest BCUT2D eigenvalue weighted by Crippen LogP contribution is 2.41. The quantitative estimate of drug-likeness (QED) is 0.331. The molecule has 2 aliphatic rings. The summed E-state index contributed by atoms with van der Waals surface area (Å²) < 4.78 is 11.1. The molecule has 2 atom stereocenters. The van der Waals surface area contributed by atoms with Gasteiger partial charge in [-0.05, 0) is 74.4 Å². The van der Waals surface area contributed by atoms with Gasteiger partial charge >= 0.3 is 0 Å². The first-order valence-corrected chi connectivity index (χ1v) is 12.3. The van der Waals surface area contributed by atoms with E-state index in [1.807, 2.05) is 31.2 Å². The lowest BCUT2D eigenvalue weighted by molar-refractivity contribution is -0.140. The molecule has 0 bridgehead atoms. The monoisotopic (exact) mass is 478 g/mol. The topological polar surface area (TPSA) is 79.3 Å². The van der Waals surface area contributed by atoms with E-state index in [2.05, 4.69) is 18.7 Å². The Morgan fingerprint density at radius 2 is 1.86 bits per heavy atom. The molecule has 2 aliphatic heterocycles. The SMILES string of the molecule is CCN(CC)CCCN1C(=O)C(=O)C(=C(O)c2ccc3c(c2)C[C@H](C)O3)[C@H]1c1ccc(OC)cc1. The van der Waals surface area contributed by atoms with Gasteiger partial charge in [-0.3, -0.25) is 9.59 Å². The van der Waals surface area contributed by atoms with Crippen molar-refractivity contribution in [1.29, 1.82) is 0 Å². The molecule has 7 heteroatoms. The Morgan fingerprint density at radius 3 is 2.51 bits per heavy atom. The van der Waals surface area contributed by atoms with E-state index in [0.717, 1.165) is 49.4 Å². The molecule has 4 rings (SSSR count). The molecule has 1 amide bonds. The molecule has 1 saturated heterocycles. The van der Waals surface area contributed by atoms with Crippen molar-refractivity contribution in [3.8, 4) is 11.5 Å². The van der Waals surface area contributed by atoms with Crippen molar-refractivity contribution in [2.24, 2.45) is 0 Å². The van der Waals surface area contributed by atoms with Crippen LogP contribution in [0.15, 0.2) is 48.0 Å². The molecule has 0 spiro atoms. The second-order valence-corrected chi connectivity index (χ2v) is 9.10. The number of ketones is 1. The van der Waals surface area contributed by atoms with Crippen molar-refractivity contribution >= 4 is 17.4 Å². The Bertz CT molecular complexity index is 1120. The predicted molar refractivity (Wildman–Crippen MR) is 135 cm³/mol. The smallest absolute Gasteiger partial charge is 0.295 e. The number of hydrogen-bond donors (Lipinski definition) is 1. The highest BCUT2D eigenvalue weighted by atomic mass is 16.5. The number of aliphatic hydroxyl groups excluding tert-OH is 1. The van der Waals surface area contributed by atoms with E-state index in [1.165, 1.54) is 0 Å². The Balaban J connectivity index is 1.73. The average molecular weight is 479 g/mol. The average Bonchev–Trinajstić information content (AvgIpc) is 3.37. The maximum Gasteiger partial charge on any atom is 0.295 e. The van der Waals surface area contributed by atoms with Crippen LogP contribution in [0.2, 0.25) is 0 Å². The summed E-state index contributed by atoms with van der Waals surface area (Å²) in [4.78, 5) is 30.3. The maximum atomic E-state index is 13.3. The Kier molecular flexibility index (Phi) is 7.45. The summed E-state index contributed by atoms with van der Waals surface area (Å²) in [5.74, 6) is 0.0802. The molecule has 0 saturated carbocycles. The van der Waals surface area contributed by atoms with Gasteiger partial charge in [0.15, 0.2) is 0 Å². The van der Waals surface area contributed by atoms with Crippen LogP contribution in [0.25, 0.3) is 5.76 Å². The van der Waals surface area contributed by atoms with E-state index in [0.29, 0.717) is 17.9 Å². The van der Waals surface area contributed by atoms with Crippen LogP contribution in [0.5, 0.6) is 11.5 Å². The van der Waals surface area contributed by atoms with Gasteiger partial charge in [-0.15, -0.1) is 0 Å². The van der Waals surface area contributed by atoms with Gasteiger partial charge in [-0.25, -0.2) is 0 Å². The van der Waals surface area contributed by atoms with Crippen LogP contribution in [0.3, 0.4) is 0 Å². The number of likely N-dealkylation sites (tertiary alicyclic amines) is 1. The predicted octanol–water partition coefficient (Wildman–Crippen LogP) is 4.17. The van der Waals surface area contributed by atoms with Gasteiger partial charge in [-0.1, -0.05) is 26.0 Å². The van der Waals surface area contributed by atoms with Crippen LogP contribution < -0.4 is 9.47 Å². The van der Waals surface area contributed by atoms with Crippen LogP contribution >= 0.6 is 0 Å². The standard InChI is InChI=1S/C28H34N2O5/c1-5-29(6-2)14-7-15-30-25(19-8-11-22(34-4)12-9-19)24(27(32)28(30)33)26(31)20-10-13-23-21(17-20)16-18(3)35-23/h8-13,17-18,25,31H,5-7,14-16H2,1-4H3/t18-,25+/m0/s1. The first-order valence-electron chi connectivity index (χ1n) is 12.3. The van der Waals surface area contributed by atoms with E-state index >= 15 is 0 Å². The number of amides is 1. The lowest BCUT2D eigenvalue weighted by Gasteiger charge is -2.27. The van der Waals surface area contributed by atoms with Crippen LogP contribution in [0.4, 0.5) is 0 Å². The molecule has 0 aromatic heterocycles. The number of ether oxygens (including phenoxy) is 2. The maximum absolute atomic E-state index is 13.3. The summed E-state index contributed by atoms with van der Waals surface area (Å²) in [7, 11) is 1.59. The van der Waals surface area contributed by atoms with Gasteiger partial charge in [0.2, 0.25) is 0 Å². The first kappa shape index (κ1) is 24.8. The molecule has 2 aromatic carbocycles. The number of carbonyl (C=O) groups excluding carboxylic acids is 2. The molecule has 0 aliphatic carbocycles. The summed E-state index contributed by atoms with van der Waals surface area (Å²) in [6.45, 7) is 9.31. The molecule has 0 unspecified atom stereocenters. The fourth-order valence-corrected chi connectivity index (χ4v) is 4.97. The Morgan fingerprint density at radius 1 is 1.14 bits per heavy atom. The second-order valence-electron chi connectivity index (χ2n) is 9.10. The fraction of sp³-hybridized carbons (Fsp3) is 0.429. The summed E-state index contributed by atoms with van der Waals surface area (Å²) >= 11 is 0. The minimum atomic E-state index is -0.666. The van der Waals surface area contributed by atoms with Crippen molar-refractivity contribution in [3.63, 3.8) is 0 Å². The second kappa shape index (κ2) is 10.5. The van der Waals surface area contributed by atoms with Crippen molar-refractivity contribution in [1.82, 2.24) is 9.80 Å². The van der Waals surface area contributed by atoms with Crippen LogP contribution in [-0.2, 0) is 16.0 Å². The third kappa shape index (κ3) is 4.91. The lowest BCUT2D eigenvalue weighted by atomic mass is 9.94. The minimum absolute atomic E-state index is 0.0677. The fourth-order valence-electron chi connectivity index (χ4n) is 4.97. The highest BCUT2D eigenvalue weighted by molar-refractivity contribution is 6.46. The van der Waals surface area contributed by atoms with Gasteiger partial charge in [0.1, 0.15) is 23.4 Å². The van der Waals surface area contributed by atoms with E-state index in [4.69, 9.17) is 9.47 Å². The summed E-state index contributed by atoms with van der Waals surface area (Å²) in [5, 5.41) is 11.4. The van der Waals surface area contributed by atoms with Gasteiger partial charge in [-0.2, -0.15) is 0 Å². The molecule has 186 valence electrons. The van der Waals surface area contributed by atoms with Crippen molar-refractivity contribution in [3.05, 3.63) is 64.7 Å². The zero-order chi connectivity index (χ0) is 25.1. The first-order chi connectivity index (χ1) is 16.9. The molecule has 1 N–H and O–H groups in total. The van der Waals surface area contributed by atoms with Crippen LogP contribution in [-0.4, -0.2) is 66.0 Å². The minimum Gasteiger partial charge on any atom is -0.507 e. The third-order valence-corrected chi connectivity index (χ3v) is 6.91. The van der Waals surface area contributed by atoms with Gasteiger partial charge in [0, 0.05) is 18.5 Å². The number of benzene rings is 2. The van der Waals surface area contributed by atoms with E-state index in [9.17, 15) is 14.7 Å². The Labute approximate surface area is 206 Å². The van der Waals surface area contributed by atoms with E-state index in [-0.39, 0.29) is 17.4 Å². The van der Waals surface area contributed by atoms with Crippen molar-refractivity contribution in [2.75, 3.05) is 33.3 Å². The zero-order valence-corrected chi connectivity index (χ0v) is 20.9. The number of methoxy groups -OCH3 is 1. The van der Waals surface area contributed by atoms with Crippen molar-refractivity contribution in [2.45, 2.75) is 45.8 Å². The highest BCUT2D eigenvalue weighted by Gasteiger charge is 2.45. The molecule has 2 heterocycles. The molecular formula is C28H34N2O5. The summed E-state index contributed by atoms with van der Waals surface area (Å²) in [6.07, 6.45) is 1.53. The lowest BCUT2D eigenvalue weighted by Crippen LogP contribution is -2.33. The summed E-state index contributed by atoms with van der Waals surface area (Å²) in [5.41, 5.74) is 2.37. The number of rotatable bonds is 9. The van der Waals surface area contributed by atoms with Gasteiger partial charge in [0.25, 0.3) is 11.7 Å². The van der Waals surface area contributed by atoms with E-state index in [1.54, 1.807) is 30.2 Å². The largest absolute Gasteiger partial charge is 0.507 e. The third-order valence-electron chi connectivity index (χ3n) is 6.91. The van der Waals surface area contributed by atoms with Crippen molar-refractivity contribution < 1.29 is 24.2 Å².